The molecule has 0 aliphatic rings. The van der Waals surface area contributed by atoms with E-state index in [1.54, 1.807) is 6.20 Å². The van der Waals surface area contributed by atoms with Crippen LogP contribution < -0.4 is 10.5 Å². The van der Waals surface area contributed by atoms with Crippen molar-refractivity contribution in [2.45, 2.75) is 6.42 Å². The summed E-state index contributed by atoms with van der Waals surface area (Å²) >= 11 is 1.29. The fourth-order valence-electron chi connectivity index (χ4n) is 1.23. The number of thiazole rings is 1. The first-order valence-electron chi connectivity index (χ1n) is 4.69. The number of carbonyl (C=O) groups is 1. The first-order valence-corrected chi connectivity index (χ1v) is 5.51. The number of aldehydes is 1. The Kier molecular flexibility index (Phi) is 3.16. The quantitative estimate of drug-likeness (QED) is 0.824. The highest BCUT2D eigenvalue weighted by Crippen LogP contribution is 2.28. The van der Waals surface area contributed by atoms with Crippen molar-refractivity contribution in [3.05, 3.63) is 36.0 Å². The van der Waals surface area contributed by atoms with Gasteiger partial charge in [0.1, 0.15) is 12.0 Å². The average Bonchev–Trinajstić information content (AvgIpc) is 2.67. The van der Waals surface area contributed by atoms with Crippen molar-refractivity contribution in [2.75, 3.05) is 5.73 Å². The number of carbonyl (C=O) groups excluding carboxylic acids is 1. The lowest BCUT2D eigenvalue weighted by Crippen LogP contribution is -1.86. The van der Waals surface area contributed by atoms with E-state index in [0.717, 1.165) is 11.8 Å². The zero-order valence-electron chi connectivity index (χ0n) is 8.42. The lowest BCUT2D eigenvalue weighted by molar-refractivity contribution is -0.107. The first-order chi connectivity index (χ1) is 7.78. The van der Waals surface area contributed by atoms with Gasteiger partial charge in [0.25, 0.3) is 0 Å². The van der Waals surface area contributed by atoms with Crippen molar-refractivity contribution in [2.24, 2.45) is 0 Å². The van der Waals surface area contributed by atoms with E-state index in [9.17, 15) is 4.79 Å². The maximum absolute atomic E-state index is 10.3. The molecule has 0 spiro atoms. The lowest BCUT2D eigenvalue weighted by Gasteiger charge is -2.02. The Morgan fingerprint density at radius 1 is 1.38 bits per heavy atom. The Labute approximate surface area is 96.7 Å². The summed E-state index contributed by atoms with van der Waals surface area (Å²) in [5.74, 6) is 0.707. The van der Waals surface area contributed by atoms with Gasteiger partial charge in [-0.05, 0) is 17.7 Å². The highest BCUT2D eigenvalue weighted by atomic mass is 32.1. The summed E-state index contributed by atoms with van der Waals surface area (Å²) in [6.07, 6.45) is 2.88. The molecule has 0 radical (unpaired) electrons. The summed E-state index contributed by atoms with van der Waals surface area (Å²) in [7, 11) is 0. The molecule has 4 nitrogen and oxygen atoms in total. The monoisotopic (exact) mass is 234 g/mol. The van der Waals surface area contributed by atoms with Crippen LogP contribution in [0.2, 0.25) is 0 Å². The van der Waals surface area contributed by atoms with Crippen LogP contribution >= 0.6 is 11.3 Å². The Balaban J connectivity index is 2.07. The van der Waals surface area contributed by atoms with Gasteiger partial charge in [0.05, 0.1) is 6.20 Å². The molecule has 2 aromatic rings. The predicted molar refractivity (Wildman–Crippen MR) is 62.8 cm³/mol. The molecule has 0 bridgehead atoms. The van der Waals surface area contributed by atoms with Crippen LogP contribution in [0.15, 0.2) is 30.5 Å². The summed E-state index contributed by atoms with van der Waals surface area (Å²) in [5.41, 5.74) is 6.45. The topological polar surface area (TPSA) is 65.2 Å². The van der Waals surface area contributed by atoms with E-state index in [2.05, 4.69) is 4.98 Å². The summed E-state index contributed by atoms with van der Waals surface area (Å²) in [6, 6.07) is 7.34. The molecule has 0 saturated carbocycles. The van der Waals surface area contributed by atoms with E-state index in [1.165, 1.54) is 11.3 Å². The van der Waals surface area contributed by atoms with Crippen molar-refractivity contribution in [3.8, 4) is 10.8 Å². The number of nitrogen functional groups attached to an aromatic ring is 1. The van der Waals surface area contributed by atoms with Gasteiger partial charge in [-0.2, -0.15) is 0 Å². The molecule has 0 fully saturated rings. The van der Waals surface area contributed by atoms with Crippen LogP contribution in [0.25, 0.3) is 0 Å². The Morgan fingerprint density at radius 2 is 2.12 bits per heavy atom. The number of hydrogen-bond acceptors (Lipinski definition) is 5. The summed E-state index contributed by atoms with van der Waals surface area (Å²) in [6.45, 7) is 0. The fraction of sp³-hybridized carbons (Fsp3) is 0.0909. The predicted octanol–water partition coefficient (Wildman–Crippen LogP) is 2.26. The summed E-state index contributed by atoms with van der Waals surface area (Å²) < 4.78 is 5.52. The Morgan fingerprint density at radius 3 is 2.69 bits per heavy atom. The van der Waals surface area contributed by atoms with Gasteiger partial charge >= 0.3 is 0 Å². The molecular weight excluding hydrogens is 224 g/mol. The number of benzene rings is 1. The van der Waals surface area contributed by atoms with Gasteiger partial charge in [0.15, 0.2) is 5.13 Å². The van der Waals surface area contributed by atoms with Gasteiger partial charge in [-0.15, -0.1) is 0 Å². The lowest BCUT2D eigenvalue weighted by atomic mass is 10.2. The minimum absolute atomic E-state index is 0.424. The van der Waals surface area contributed by atoms with E-state index in [4.69, 9.17) is 10.5 Å². The largest absolute Gasteiger partial charge is 0.445 e. The van der Waals surface area contributed by atoms with Crippen molar-refractivity contribution in [1.29, 1.82) is 0 Å². The molecule has 0 atom stereocenters. The van der Waals surface area contributed by atoms with Crippen LogP contribution in [-0.4, -0.2) is 11.3 Å². The van der Waals surface area contributed by atoms with Gasteiger partial charge in [0, 0.05) is 6.42 Å². The third-order valence-electron chi connectivity index (χ3n) is 1.96. The fourth-order valence-corrected chi connectivity index (χ4v) is 1.78. The number of nitrogens with two attached hydrogens (primary N) is 1. The normalized spacial score (nSPS) is 10.0. The summed E-state index contributed by atoms with van der Waals surface area (Å²) in [5, 5.41) is 1.13. The van der Waals surface area contributed by atoms with E-state index in [-0.39, 0.29) is 0 Å². The van der Waals surface area contributed by atoms with Crippen LogP contribution in [0.4, 0.5) is 5.13 Å². The standard InChI is InChI=1S/C11H10N2O2S/c12-11-13-7-10(16-11)15-9-3-1-8(2-4-9)5-6-14/h1-4,6-7H,5H2,(H2,12,13). The molecule has 1 heterocycles. The van der Waals surface area contributed by atoms with Crippen LogP contribution in [0.1, 0.15) is 5.56 Å². The second-order valence-corrected chi connectivity index (χ2v) is 4.16. The van der Waals surface area contributed by atoms with Crippen LogP contribution in [0.3, 0.4) is 0 Å². The molecule has 2 N–H and O–H groups in total. The minimum Gasteiger partial charge on any atom is -0.445 e. The molecule has 1 aromatic carbocycles. The minimum atomic E-state index is 0.424. The number of aromatic nitrogens is 1. The number of ether oxygens (including phenoxy) is 1. The third-order valence-corrected chi connectivity index (χ3v) is 2.67. The number of rotatable bonds is 4. The first kappa shape index (κ1) is 10.6. The highest BCUT2D eigenvalue weighted by molar-refractivity contribution is 7.17. The number of hydrogen-bond donors (Lipinski definition) is 1. The van der Waals surface area contributed by atoms with Crippen LogP contribution in [0.5, 0.6) is 10.8 Å². The zero-order valence-corrected chi connectivity index (χ0v) is 9.24. The Hall–Kier alpha value is -1.88. The molecular formula is C11H10N2O2S. The SMILES string of the molecule is Nc1ncc(Oc2ccc(CC=O)cc2)s1. The highest BCUT2D eigenvalue weighted by Gasteiger charge is 2.01. The van der Waals surface area contributed by atoms with E-state index in [0.29, 0.717) is 22.4 Å². The van der Waals surface area contributed by atoms with Crippen LogP contribution in [-0.2, 0) is 11.2 Å². The molecule has 5 heteroatoms. The van der Waals surface area contributed by atoms with Crippen LogP contribution in [0, 0.1) is 0 Å². The van der Waals surface area contributed by atoms with E-state index in [1.807, 2.05) is 24.3 Å². The second kappa shape index (κ2) is 4.76. The van der Waals surface area contributed by atoms with Gasteiger partial charge in [-0.25, -0.2) is 4.98 Å². The maximum Gasteiger partial charge on any atom is 0.202 e. The van der Waals surface area contributed by atoms with Crippen molar-refractivity contribution in [1.82, 2.24) is 4.98 Å². The zero-order chi connectivity index (χ0) is 11.4. The van der Waals surface area contributed by atoms with E-state index >= 15 is 0 Å². The molecule has 0 aliphatic heterocycles. The Bertz CT molecular complexity index is 479. The van der Waals surface area contributed by atoms with Crippen molar-refractivity contribution in [3.63, 3.8) is 0 Å². The smallest absolute Gasteiger partial charge is 0.202 e. The molecule has 1 aromatic heterocycles. The number of nitrogens with zero attached hydrogens (tertiary/aromatic N) is 1. The molecule has 82 valence electrons. The van der Waals surface area contributed by atoms with Gasteiger partial charge in [-0.3, -0.25) is 0 Å². The second-order valence-electron chi connectivity index (χ2n) is 3.13. The van der Waals surface area contributed by atoms with Gasteiger partial charge in [-0.1, -0.05) is 23.5 Å². The summed E-state index contributed by atoms with van der Waals surface area (Å²) in [4.78, 5) is 14.2. The molecule has 2 rings (SSSR count). The molecule has 0 aliphatic carbocycles. The van der Waals surface area contributed by atoms with Gasteiger partial charge in [0.2, 0.25) is 5.06 Å². The third kappa shape index (κ3) is 2.58. The van der Waals surface area contributed by atoms with E-state index < -0.39 is 0 Å². The maximum atomic E-state index is 10.3. The van der Waals surface area contributed by atoms with Crippen molar-refractivity contribution < 1.29 is 9.53 Å². The molecule has 0 unspecified atom stereocenters. The molecule has 16 heavy (non-hydrogen) atoms. The number of anilines is 1. The van der Waals surface area contributed by atoms with Gasteiger partial charge < -0.3 is 15.3 Å². The van der Waals surface area contributed by atoms with Crippen molar-refractivity contribution >= 4 is 22.8 Å². The molecule has 0 saturated heterocycles. The average molecular weight is 234 g/mol. The molecule has 0 amide bonds.